The predicted molar refractivity (Wildman–Crippen MR) is 104 cm³/mol. The summed E-state index contributed by atoms with van der Waals surface area (Å²) in [6.07, 6.45) is 0. The summed E-state index contributed by atoms with van der Waals surface area (Å²) in [5, 5.41) is 4.94. The van der Waals surface area contributed by atoms with Gasteiger partial charge in [0.15, 0.2) is 11.5 Å². The Hall–Kier alpha value is -3.26. The van der Waals surface area contributed by atoms with Gasteiger partial charge in [-0.1, -0.05) is 18.2 Å². The average Bonchev–Trinajstić information content (AvgIpc) is 2.68. The van der Waals surface area contributed by atoms with Crippen molar-refractivity contribution in [2.45, 2.75) is 6.54 Å². The van der Waals surface area contributed by atoms with Gasteiger partial charge in [0.05, 0.1) is 13.7 Å². The minimum atomic E-state index is -0.604. The molecule has 28 heavy (non-hydrogen) atoms. The van der Waals surface area contributed by atoms with Gasteiger partial charge in [-0.3, -0.25) is 15.0 Å². The number of anilines is 1. The first-order valence-corrected chi connectivity index (χ1v) is 8.86. The Bertz CT molecular complexity index is 855. The molecule has 2 aromatic carbocycles. The smallest absolute Gasteiger partial charge is 0.325 e. The first-order valence-electron chi connectivity index (χ1n) is 8.86. The predicted octanol–water partition coefficient (Wildman–Crippen LogP) is 2.25. The molecule has 148 valence electrons. The number of fused-ring (bicyclic) bond motifs is 1. The van der Waals surface area contributed by atoms with Gasteiger partial charge in [0, 0.05) is 23.9 Å². The Morgan fingerprint density at radius 2 is 1.86 bits per heavy atom. The minimum absolute atomic E-state index is 0.0621. The topological polar surface area (TPSA) is 89.1 Å². The van der Waals surface area contributed by atoms with E-state index in [1.807, 2.05) is 24.3 Å². The number of para-hydroxylation sites is 1. The largest absolute Gasteiger partial charge is 0.496 e. The van der Waals surface area contributed by atoms with Gasteiger partial charge in [0.25, 0.3) is 0 Å². The van der Waals surface area contributed by atoms with Crippen LogP contribution in [0.4, 0.5) is 10.5 Å². The summed E-state index contributed by atoms with van der Waals surface area (Å²) >= 11 is 0. The zero-order chi connectivity index (χ0) is 19.9. The van der Waals surface area contributed by atoms with Gasteiger partial charge < -0.3 is 19.5 Å². The maximum Gasteiger partial charge on any atom is 0.325 e. The van der Waals surface area contributed by atoms with Gasteiger partial charge in [0.2, 0.25) is 5.91 Å². The van der Waals surface area contributed by atoms with E-state index in [1.165, 1.54) is 0 Å². The fraction of sp³-hybridized carbons (Fsp3) is 0.300. The van der Waals surface area contributed by atoms with E-state index in [1.54, 1.807) is 37.3 Å². The molecule has 0 spiro atoms. The van der Waals surface area contributed by atoms with Crippen LogP contribution in [0.3, 0.4) is 0 Å². The lowest BCUT2D eigenvalue weighted by Crippen LogP contribution is -2.40. The summed E-state index contributed by atoms with van der Waals surface area (Å²) in [5.74, 6) is 1.54. The van der Waals surface area contributed by atoms with Crippen LogP contribution in [0.2, 0.25) is 0 Å². The number of amides is 3. The van der Waals surface area contributed by atoms with Crippen molar-refractivity contribution < 1.29 is 23.8 Å². The first kappa shape index (κ1) is 19.5. The number of nitrogens with one attached hydrogen (secondary N) is 2. The Balaban J connectivity index is 1.49. The van der Waals surface area contributed by atoms with E-state index in [9.17, 15) is 9.59 Å². The van der Waals surface area contributed by atoms with Gasteiger partial charge in [-0.05, 0) is 25.2 Å². The van der Waals surface area contributed by atoms with Crippen LogP contribution in [-0.2, 0) is 11.3 Å². The third-order valence-corrected chi connectivity index (χ3v) is 4.10. The number of carbonyl (C=O) groups is 2. The molecule has 0 unspecified atom stereocenters. The van der Waals surface area contributed by atoms with Gasteiger partial charge in [-0.25, -0.2) is 4.79 Å². The summed E-state index contributed by atoms with van der Waals surface area (Å²) in [6.45, 7) is 1.53. The van der Waals surface area contributed by atoms with Crippen LogP contribution in [0.5, 0.6) is 17.2 Å². The van der Waals surface area contributed by atoms with Gasteiger partial charge >= 0.3 is 6.03 Å². The van der Waals surface area contributed by atoms with Crippen molar-refractivity contribution in [3.05, 3.63) is 48.0 Å². The number of carbonyl (C=O) groups excluding carboxylic acids is 2. The number of imide groups is 1. The molecule has 2 aromatic rings. The van der Waals surface area contributed by atoms with E-state index >= 15 is 0 Å². The molecule has 8 nitrogen and oxygen atoms in total. The number of benzene rings is 2. The SMILES string of the molecule is COc1ccccc1CN(C)CC(=O)NC(=O)Nc1ccc2c(c1)OCCO2. The Morgan fingerprint density at radius 3 is 2.64 bits per heavy atom. The molecule has 3 rings (SSSR count). The highest BCUT2D eigenvalue weighted by atomic mass is 16.6. The van der Waals surface area contributed by atoms with E-state index < -0.39 is 11.9 Å². The molecule has 0 saturated heterocycles. The molecular formula is C20H23N3O5. The van der Waals surface area contributed by atoms with Crippen LogP contribution in [-0.4, -0.2) is 50.8 Å². The lowest BCUT2D eigenvalue weighted by molar-refractivity contribution is -0.120. The van der Waals surface area contributed by atoms with Crippen molar-refractivity contribution in [1.82, 2.24) is 10.2 Å². The van der Waals surface area contributed by atoms with Gasteiger partial charge in [-0.2, -0.15) is 0 Å². The van der Waals surface area contributed by atoms with Crippen LogP contribution in [0.1, 0.15) is 5.56 Å². The lowest BCUT2D eigenvalue weighted by Gasteiger charge is -2.19. The zero-order valence-electron chi connectivity index (χ0n) is 15.9. The van der Waals surface area contributed by atoms with Gasteiger partial charge in [0.1, 0.15) is 19.0 Å². The summed E-state index contributed by atoms with van der Waals surface area (Å²) < 4.78 is 16.2. The highest BCUT2D eigenvalue weighted by Gasteiger charge is 2.15. The standard InChI is InChI=1S/C20H23N3O5/c1-23(12-14-5-3-4-6-16(14)26-2)13-19(24)22-20(25)21-15-7-8-17-18(11-15)28-10-9-27-17/h3-8,11H,9-10,12-13H2,1-2H3,(H2,21,22,24,25). The molecule has 8 heteroatoms. The van der Waals surface area contributed by atoms with Crippen molar-refractivity contribution in [3.63, 3.8) is 0 Å². The summed E-state index contributed by atoms with van der Waals surface area (Å²) in [4.78, 5) is 26.0. The summed E-state index contributed by atoms with van der Waals surface area (Å²) in [7, 11) is 3.40. The van der Waals surface area contributed by atoms with Crippen LogP contribution in [0.15, 0.2) is 42.5 Å². The molecule has 1 heterocycles. The second-order valence-corrected chi connectivity index (χ2v) is 6.34. The molecule has 0 saturated carbocycles. The van der Waals surface area contributed by atoms with Crippen LogP contribution in [0, 0.1) is 0 Å². The minimum Gasteiger partial charge on any atom is -0.496 e. The number of ether oxygens (including phenoxy) is 3. The third kappa shape index (κ3) is 5.14. The molecule has 3 amide bonds. The van der Waals surface area contributed by atoms with Crippen LogP contribution < -0.4 is 24.8 Å². The van der Waals surface area contributed by atoms with Crippen LogP contribution in [0.25, 0.3) is 0 Å². The molecule has 0 aliphatic carbocycles. The Kier molecular flexibility index (Phi) is 6.33. The second kappa shape index (κ2) is 9.09. The van der Waals surface area contributed by atoms with Crippen molar-refractivity contribution >= 4 is 17.6 Å². The number of likely N-dealkylation sites (N-methyl/N-ethyl adjacent to an activating group) is 1. The monoisotopic (exact) mass is 385 g/mol. The first-order chi connectivity index (χ1) is 13.5. The van der Waals surface area contributed by atoms with Crippen LogP contribution >= 0.6 is 0 Å². The zero-order valence-corrected chi connectivity index (χ0v) is 15.9. The molecular weight excluding hydrogens is 362 g/mol. The third-order valence-electron chi connectivity index (χ3n) is 4.10. The van der Waals surface area contributed by atoms with Crippen molar-refractivity contribution in [3.8, 4) is 17.2 Å². The normalized spacial score (nSPS) is 12.4. The number of methoxy groups -OCH3 is 1. The maximum absolute atomic E-state index is 12.1. The molecule has 0 aromatic heterocycles. The highest BCUT2D eigenvalue weighted by molar-refractivity contribution is 6.01. The quantitative estimate of drug-likeness (QED) is 0.793. The van der Waals surface area contributed by atoms with E-state index in [2.05, 4.69) is 10.6 Å². The number of nitrogens with zero attached hydrogens (tertiary/aromatic N) is 1. The average molecular weight is 385 g/mol. The number of hydrogen-bond acceptors (Lipinski definition) is 6. The number of hydrogen-bond donors (Lipinski definition) is 2. The Morgan fingerprint density at radius 1 is 1.11 bits per heavy atom. The highest BCUT2D eigenvalue weighted by Crippen LogP contribution is 2.32. The maximum atomic E-state index is 12.1. The molecule has 1 aliphatic rings. The molecule has 0 radical (unpaired) electrons. The van der Waals surface area contributed by atoms with Crippen molar-refractivity contribution in [2.24, 2.45) is 0 Å². The van der Waals surface area contributed by atoms with Crippen molar-refractivity contribution in [2.75, 3.05) is 39.2 Å². The number of rotatable bonds is 6. The lowest BCUT2D eigenvalue weighted by atomic mass is 10.2. The van der Waals surface area contributed by atoms with E-state index in [-0.39, 0.29) is 6.54 Å². The van der Waals surface area contributed by atoms with E-state index in [0.717, 1.165) is 11.3 Å². The van der Waals surface area contributed by atoms with Gasteiger partial charge in [-0.15, -0.1) is 0 Å². The Labute approximate surface area is 163 Å². The fourth-order valence-electron chi connectivity index (χ4n) is 2.88. The second-order valence-electron chi connectivity index (χ2n) is 6.34. The molecule has 0 atom stereocenters. The summed E-state index contributed by atoms with van der Waals surface area (Å²) in [6, 6.07) is 12.0. The summed E-state index contributed by atoms with van der Waals surface area (Å²) in [5.41, 5.74) is 1.47. The van der Waals surface area contributed by atoms with Crippen molar-refractivity contribution in [1.29, 1.82) is 0 Å². The molecule has 1 aliphatic heterocycles. The fourth-order valence-corrected chi connectivity index (χ4v) is 2.88. The number of urea groups is 1. The van der Waals surface area contributed by atoms with E-state index in [4.69, 9.17) is 14.2 Å². The molecule has 0 fully saturated rings. The molecule has 2 N–H and O–H groups in total. The molecule has 0 bridgehead atoms. The van der Waals surface area contributed by atoms with E-state index in [0.29, 0.717) is 36.9 Å².